The second-order valence-corrected chi connectivity index (χ2v) is 3.92. The predicted molar refractivity (Wildman–Crippen MR) is 64.5 cm³/mol. The zero-order valence-corrected chi connectivity index (χ0v) is 9.08. The Morgan fingerprint density at radius 1 is 1.12 bits per heavy atom. The van der Waals surface area contributed by atoms with Gasteiger partial charge in [-0.1, -0.05) is 36.4 Å². The van der Waals surface area contributed by atoms with Gasteiger partial charge in [-0.3, -0.25) is 0 Å². The maximum absolute atomic E-state index is 10.6. The highest BCUT2D eigenvalue weighted by atomic mass is 16.4. The highest BCUT2D eigenvalue weighted by Crippen LogP contribution is 2.21. The first kappa shape index (κ1) is 11.6. The largest absolute Gasteiger partial charge is 0.479 e. The van der Waals surface area contributed by atoms with Crippen LogP contribution < -0.4 is 5.73 Å². The molecule has 0 spiro atoms. The molecule has 2 unspecified atom stereocenters. The molecule has 2 rings (SSSR count). The van der Waals surface area contributed by atoms with E-state index in [9.17, 15) is 9.90 Å². The van der Waals surface area contributed by atoms with Crippen LogP contribution in [0.5, 0.6) is 0 Å². The van der Waals surface area contributed by atoms with Gasteiger partial charge >= 0.3 is 5.97 Å². The molecule has 0 aliphatic heterocycles. The van der Waals surface area contributed by atoms with Gasteiger partial charge in [-0.25, -0.2) is 4.79 Å². The zero-order chi connectivity index (χ0) is 12.4. The van der Waals surface area contributed by atoms with E-state index in [0.717, 1.165) is 10.8 Å². The molecular weight excluding hydrogens is 218 g/mol. The van der Waals surface area contributed by atoms with Crippen LogP contribution in [0.15, 0.2) is 42.5 Å². The molecular formula is C13H13NO3. The summed E-state index contributed by atoms with van der Waals surface area (Å²) in [4.78, 5) is 10.6. The van der Waals surface area contributed by atoms with E-state index in [1.165, 1.54) is 0 Å². The molecule has 0 aliphatic carbocycles. The SMILES string of the molecule is NC(c1ccc2ccccc2c1)C(O)C(=O)O. The fourth-order valence-corrected chi connectivity index (χ4v) is 1.75. The van der Waals surface area contributed by atoms with Crippen LogP contribution in [0.3, 0.4) is 0 Å². The summed E-state index contributed by atoms with van der Waals surface area (Å²) in [5, 5.41) is 20.1. The number of aliphatic carboxylic acids is 1. The number of hydrogen-bond donors (Lipinski definition) is 3. The van der Waals surface area contributed by atoms with Gasteiger partial charge in [0.2, 0.25) is 0 Å². The third kappa shape index (κ3) is 2.27. The van der Waals surface area contributed by atoms with Crippen molar-refractivity contribution in [3.05, 3.63) is 48.0 Å². The van der Waals surface area contributed by atoms with Gasteiger partial charge in [0.05, 0.1) is 6.04 Å². The van der Waals surface area contributed by atoms with Crippen LogP contribution in [0.25, 0.3) is 10.8 Å². The second-order valence-electron chi connectivity index (χ2n) is 3.92. The molecule has 0 fully saturated rings. The molecule has 0 radical (unpaired) electrons. The topological polar surface area (TPSA) is 83.5 Å². The van der Waals surface area contributed by atoms with Crippen molar-refractivity contribution in [1.29, 1.82) is 0 Å². The molecule has 4 nitrogen and oxygen atoms in total. The number of carbonyl (C=O) groups is 1. The Bertz CT molecular complexity index is 553. The Hall–Kier alpha value is -1.91. The fraction of sp³-hybridized carbons (Fsp3) is 0.154. The van der Waals surface area contributed by atoms with Gasteiger partial charge in [-0.05, 0) is 22.4 Å². The number of carboxylic acids is 1. The molecule has 4 N–H and O–H groups in total. The minimum atomic E-state index is -1.59. The van der Waals surface area contributed by atoms with Crippen LogP contribution in [0.4, 0.5) is 0 Å². The summed E-state index contributed by atoms with van der Waals surface area (Å²) in [6.07, 6.45) is -1.59. The molecule has 0 bridgehead atoms. The van der Waals surface area contributed by atoms with Gasteiger partial charge in [-0.15, -0.1) is 0 Å². The van der Waals surface area contributed by atoms with Gasteiger partial charge in [0.15, 0.2) is 6.10 Å². The van der Waals surface area contributed by atoms with E-state index >= 15 is 0 Å². The van der Waals surface area contributed by atoms with Crippen molar-refractivity contribution >= 4 is 16.7 Å². The zero-order valence-electron chi connectivity index (χ0n) is 9.08. The maximum atomic E-state index is 10.6. The molecule has 0 aromatic heterocycles. The molecule has 0 saturated heterocycles. The number of hydrogen-bond acceptors (Lipinski definition) is 3. The highest BCUT2D eigenvalue weighted by Gasteiger charge is 2.23. The van der Waals surface area contributed by atoms with Gasteiger partial charge in [0.1, 0.15) is 0 Å². The van der Waals surface area contributed by atoms with Crippen LogP contribution in [0, 0.1) is 0 Å². The Morgan fingerprint density at radius 2 is 1.76 bits per heavy atom. The average molecular weight is 231 g/mol. The van der Waals surface area contributed by atoms with Crippen molar-refractivity contribution < 1.29 is 15.0 Å². The molecule has 2 atom stereocenters. The van der Waals surface area contributed by atoms with Crippen molar-refractivity contribution in [2.24, 2.45) is 5.73 Å². The molecule has 2 aromatic rings. The number of fused-ring (bicyclic) bond motifs is 1. The van der Waals surface area contributed by atoms with Crippen LogP contribution >= 0.6 is 0 Å². The number of rotatable bonds is 3. The maximum Gasteiger partial charge on any atom is 0.334 e. The van der Waals surface area contributed by atoms with E-state index in [0.29, 0.717) is 5.56 Å². The van der Waals surface area contributed by atoms with Crippen molar-refractivity contribution in [2.45, 2.75) is 12.1 Å². The van der Waals surface area contributed by atoms with Crippen molar-refractivity contribution in [1.82, 2.24) is 0 Å². The van der Waals surface area contributed by atoms with Crippen LogP contribution in [-0.4, -0.2) is 22.3 Å². The fourth-order valence-electron chi connectivity index (χ4n) is 1.75. The van der Waals surface area contributed by atoms with E-state index in [1.807, 2.05) is 30.3 Å². The van der Waals surface area contributed by atoms with E-state index in [1.54, 1.807) is 12.1 Å². The standard InChI is InChI=1S/C13H13NO3/c14-11(12(15)13(16)17)10-6-5-8-3-1-2-4-9(8)7-10/h1-7,11-12,15H,14H2,(H,16,17). The van der Waals surface area contributed by atoms with Gasteiger partial charge in [-0.2, -0.15) is 0 Å². The van der Waals surface area contributed by atoms with Crippen LogP contribution in [0.1, 0.15) is 11.6 Å². The first-order chi connectivity index (χ1) is 8.09. The minimum Gasteiger partial charge on any atom is -0.479 e. The summed E-state index contributed by atoms with van der Waals surface area (Å²) in [7, 11) is 0. The summed E-state index contributed by atoms with van der Waals surface area (Å²) in [6, 6.07) is 12.2. The number of carboxylic acid groups (broad SMARTS) is 1. The Labute approximate surface area is 98.3 Å². The van der Waals surface area contributed by atoms with Crippen LogP contribution in [-0.2, 0) is 4.79 Å². The lowest BCUT2D eigenvalue weighted by atomic mass is 9.99. The minimum absolute atomic E-state index is 0.610. The second kappa shape index (κ2) is 4.53. The highest BCUT2D eigenvalue weighted by molar-refractivity contribution is 5.83. The predicted octanol–water partition coefficient (Wildman–Crippen LogP) is 1.29. The molecule has 88 valence electrons. The third-order valence-corrected chi connectivity index (χ3v) is 2.75. The Balaban J connectivity index is 2.39. The molecule has 17 heavy (non-hydrogen) atoms. The quantitative estimate of drug-likeness (QED) is 0.743. The monoisotopic (exact) mass is 231 g/mol. The van der Waals surface area contributed by atoms with E-state index < -0.39 is 18.1 Å². The molecule has 0 saturated carbocycles. The lowest BCUT2D eigenvalue weighted by Crippen LogP contribution is -2.33. The number of aliphatic hydroxyl groups is 1. The molecule has 0 amide bonds. The van der Waals surface area contributed by atoms with Gasteiger partial charge < -0.3 is 15.9 Å². The lowest BCUT2D eigenvalue weighted by Gasteiger charge is -2.15. The number of benzene rings is 2. The van der Waals surface area contributed by atoms with E-state index in [4.69, 9.17) is 10.8 Å². The molecule has 4 heteroatoms. The van der Waals surface area contributed by atoms with Gasteiger partial charge in [0.25, 0.3) is 0 Å². The molecule has 0 heterocycles. The lowest BCUT2D eigenvalue weighted by molar-refractivity contribution is -0.147. The Kier molecular flexibility index (Phi) is 3.08. The average Bonchev–Trinajstić information content (AvgIpc) is 2.36. The molecule has 0 aliphatic rings. The van der Waals surface area contributed by atoms with Crippen molar-refractivity contribution in [3.63, 3.8) is 0 Å². The van der Waals surface area contributed by atoms with Crippen LogP contribution in [0.2, 0.25) is 0 Å². The number of aliphatic hydroxyl groups excluding tert-OH is 1. The van der Waals surface area contributed by atoms with Gasteiger partial charge in [0, 0.05) is 0 Å². The smallest absolute Gasteiger partial charge is 0.334 e. The normalized spacial score (nSPS) is 14.5. The first-order valence-corrected chi connectivity index (χ1v) is 5.25. The summed E-state index contributed by atoms with van der Waals surface area (Å²) >= 11 is 0. The summed E-state index contributed by atoms with van der Waals surface area (Å²) in [6.45, 7) is 0. The summed E-state index contributed by atoms with van der Waals surface area (Å²) in [5.74, 6) is -1.31. The van der Waals surface area contributed by atoms with Crippen molar-refractivity contribution in [2.75, 3.05) is 0 Å². The first-order valence-electron chi connectivity index (χ1n) is 5.25. The Morgan fingerprint density at radius 3 is 2.41 bits per heavy atom. The summed E-state index contributed by atoms with van der Waals surface area (Å²) in [5.41, 5.74) is 6.31. The van der Waals surface area contributed by atoms with Crippen molar-refractivity contribution in [3.8, 4) is 0 Å². The van der Waals surface area contributed by atoms with E-state index in [-0.39, 0.29) is 0 Å². The summed E-state index contributed by atoms with van der Waals surface area (Å²) < 4.78 is 0. The number of nitrogens with two attached hydrogens (primary N) is 1. The molecule has 2 aromatic carbocycles. The third-order valence-electron chi connectivity index (χ3n) is 2.75. The van der Waals surface area contributed by atoms with E-state index in [2.05, 4.69) is 0 Å².